The molecule has 0 radical (unpaired) electrons. The first-order valence-corrected chi connectivity index (χ1v) is 7.39. The zero-order chi connectivity index (χ0) is 13.6. The molecule has 6 heteroatoms. The van der Waals surface area contributed by atoms with E-state index in [-0.39, 0.29) is 6.10 Å². The van der Waals surface area contributed by atoms with Gasteiger partial charge in [-0.1, -0.05) is 11.8 Å². The molecule has 0 spiro atoms. The molecule has 2 heterocycles. The minimum absolute atomic E-state index is 0.267. The molecule has 1 aliphatic heterocycles. The normalized spacial score (nSPS) is 17.7. The van der Waals surface area contributed by atoms with E-state index in [1.807, 2.05) is 0 Å². The number of hydrogen-bond donors (Lipinski definition) is 2. The van der Waals surface area contributed by atoms with Crippen LogP contribution < -0.4 is 5.32 Å². The van der Waals surface area contributed by atoms with Gasteiger partial charge in [0.2, 0.25) is 0 Å². The summed E-state index contributed by atoms with van der Waals surface area (Å²) < 4.78 is 5.53. The Morgan fingerprint density at radius 3 is 2.95 bits per heavy atom. The second kappa shape index (κ2) is 6.47. The van der Waals surface area contributed by atoms with Gasteiger partial charge in [-0.3, -0.25) is 5.10 Å². The van der Waals surface area contributed by atoms with Crippen molar-refractivity contribution in [2.45, 2.75) is 29.0 Å². The Balaban J connectivity index is 1.52. The molecule has 2 aromatic rings. The molecule has 1 unspecified atom stereocenters. The predicted octanol–water partition coefficient (Wildman–Crippen LogP) is 3.06. The summed E-state index contributed by atoms with van der Waals surface area (Å²) in [6.07, 6.45) is 7.81. The summed E-state index contributed by atoms with van der Waals surface area (Å²) in [6.45, 7) is 0.832. The second-order valence-corrected chi connectivity index (χ2v) is 5.57. The molecule has 2 N–H and O–H groups in total. The van der Waals surface area contributed by atoms with Crippen molar-refractivity contribution in [1.29, 1.82) is 0 Å². The number of rotatable bonds is 5. The first kappa shape index (κ1) is 13.1. The maximum Gasteiger partial charge on any atom is 0.188 e. The number of aromatic amines is 1. The lowest BCUT2D eigenvalue weighted by Gasteiger charge is -2.20. The number of ether oxygens (including phenoxy) is 1. The molecule has 1 aromatic carbocycles. The Morgan fingerprint density at radius 2 is 2.25 bits per heavy atom. The number of nitrogens with one attached hydrogen (secondary N) is 2. The number of anilines is 1. The molecule has 0 aliphatic carbocycles. The number of hydrogen-bond acceptors (Lipinski definition) is 5. The second-order valence-electron chi connectivity index (χ2n) is 4.51. The summed E-state index contributed by atoms with van der Waals surface area (Å²) in [7, 11) is 0. The standard InChI is InChI=1S/C14H16N4OS/c1-2-8-19-12(3-1)9-15-11-4-6-13(7-5-11)20-14-16-10-17-18-14/h2,4-8,10,12,15H,1,3,9H2,(H,16,17,18). The fraction of sp³-hybridized carbons (Fsp3) is 0.286. The molecule has 1 atom stereocenters. The lowest BCUT2D eigenvalue weighted by Crippen LogP contribution is -2.22. The minimum Gasteiger partial charge on any atom is -0.497 e. The van der Waals surface area contributed by atoms with Gasteiger partial charge in [-0.15, -0.1) is 0 Å². The highest BCUT2D eigenvalue weighted by molar-refractivity contribution is 7.99. The molecule has 1 aromatic heterocycles. The Kier molecular flexibility index (Phi) is 4.22. The quantitative estimate of drug-likeness (QED) is 0.885. The summed E-state index contributed by atoms with van der Waals surface area (Å²) in [6, 6.07) is 8.27. The molecule has 3 rings (SSSR count). The summed E-state index contributed by atoms with van der Waals surface area (Å²) >= 11 is 1.56. The Hall–Kier alpha value is -1.95. The molecule has 0 amide bonds. The minimum atomic E-state index is 0.267. The number of H-pyrrole nitrogens is 1. The molecule has 0 fully saturated rings. The van der Waals surface area contributed by atoms with Crippen molar-refractivity contribution in [3.8, 4) is 0 Å². The van der Waals surface area contributed by atoms with E-state index in [0.717, 1.165) is 35.1 Å². The molecule has 0 bridgehead atoms. The Morgan fingerprint density at radius 1 is 1.35 bits per heavy atom. The van der Waals surface area contributed by atoms with Crippen molar-refractivity contribution in [3.63, 3.8) is 0 Å². The molecular weight excluding hydrogens is 272 g/mol. The van der Waals surface area contributed by atoms with Crippen LogP contribution in [0.5, 0.6) is 0 Å². The van der Waals surface area contributed by atoms with Gasteiger partial charge in [0.15, 0.2) is 5.16 Å². The van der Waals surface area contributed by atoms with Gasteiger partial charge in [0.25, 0.3) is 0 Å². The zero-order valence-corrected chi connectivity index (χ0v) is 11.8. The molecule has 104 valence electrons. The number of aromatic nitrogens is 3. The lowest BCUT2D eigenvalue weighted by molar-refractivity contribution is 0.135. The average molecular weight is 288 g/mol. The van der Waals surface area contributed by atoms with Gasteiger partial charge >= 0.3 is 0 Å². The average Bonchev–Trinajstić information content (AvgIpc) is 3.01. The van der Waals surface area contributed by atoms with Crippen LogP contribution in [0.15, 0.2) is 53.0 Å². The van der Waals surface area contributed by atoms with Crippen molar-refractivity contribution in [1.82, 2.24) is 15.2 Å². The van der Waals surface area contributed by atoms with Crippen LogP contribution in [0.1, 0.15) is 12.8 Å². The maximum atomic E-state index is 5.53. The van der Waals surface area contributed by atoms with Crippen molar-refractivity contribution in [2.24, 2.45) is 0 Å². The smallest absolute Gasteiger partial charge is 0.188 e. The highest BCUT2D eigenvalue weighted by Gasteiger charge is 2.10. The van der Waals surface area contributed by atoms with Gasteiger partial charge in [-0.25, -0.2) is 4.98 Å². The Labute approximate surface area is 121 Å². The van der Waals surface area contributed by atoms with Crippen LogP contribution in [0.2, 0.25) is 0 Å². The van der Waals surface area contributed by atoms with Crippen LogP contribution >= 0.6 is 11.8 Å². The SMILES string of the molecule is C1=COC(CNc2ccc(Sc3ncn[nH]3)cc2)CC1. The largest absolute Gasteiger partial charge is 0.497 e. The van der Waals surface area contributed by atoms with Crippen molar-refractivity contribution in [3.05, 3.63) is 42.9 Å². The van der Waals surface area contributed by atoms with Crippen molar-refractivity contribution >= 4 is 17.4 Å². The van der Waals surface area contributed by atoms with Crippen LogP contribution in [-0.4, -0.2) is 27.8 Å². The highest BCUT2D eigenvalue weighted by atomic mass is 32.2. The fourth-order valence-corrected chi connectivity index (χ4v) is 2.66. The fourth-order valence-electron chi connectivity index (χ4n) is 1.96. The van der Waals surface area contributed by atoms with E-state index in [9.17, 15) is 0 Å². The summed E-state index contributed by atoms with van der Waals surface area (Å²) in [5.41, 5.74) is 1.10. The van der Waals surface area contributed by atoms with Crippen LogP contribution in [-0.2, 0) is 4.74 Å². The van der Waals surface area contributed by atoms with E-state index < -0.39 is 0 Å². The Bertz CT molecular complexity index is 553. The van der Waals surface area contributed by atoms with E-state index in [2.05, 4.69) is 50.8 Å². The molecule has 20 heavy (non-hydrogen) atoms. The van der Waals surface area contributed by atoms with E-state index >= 15 is 0 Å². The van der Waals surface area contributed by atoms with Crippen LogP contribution in [0.3, 0.4) is 0 Å². The topological polar surface area (TPSA) is 62.8 Å². The van der Waals surface area contributed by atoms with E-state index in [1.54, 1.807) is 18.0 Å². The molecule has 0 saturated heterocycles. The predicted molar refractivity (Wildman–Crippen MR) is 78.7 cm³/mol. The third-order valence-corrected chi connectivity index (χ3v) is 3.92. The molecule has 0 saturated carbocycles. The van der Waals surface area contributed by atoms with E-state index in [1.165, 1.54) is 6.33 Å². The lowest BCUT2D eigenvalue weighted by atomic mass is 10.1. The van der Waals surface area contributed by atoms with E-state index in [4.69, 9.17) is 4.74 Å². The first-order chi connectivity index (χ1) is 9.90. The van der Waals surface area contributed by atoms with Crippen LogP contribution in [0.4, 0.5) is 5.69 Å². The van der Waals surface area contributed by atoms with Crippen molar-refractivity contribution in [2.75, 3.05) is 11.9 Å². The molecular formula is C14H16N4OS. The summed E-state index contributed by atoms with van der Waals surface area (Å²) in [4.78, 5) is 5.22. The molecule has 1 aliphatic rings. The van der Waals surface area contributed by atoms with Crippen molar-refractivity contribution < 1.29 is 4.74 Å². The zero-order valence-electron chi connectivity index (χ0n) is 11.0. The van der Waals surface area contributed by atoms with Gasteiger partial charge in [0.1, 0.15) is 12.4 Å². The van der Waals surface area contributed by atoms with Gasteiger partial charge < -0.3 is 10.1 Å². The van der Waals surface area contributed by atoms with Gasteiger partial charge in [0, 0.05) is 10.6 Å². The number of nitrogens with zero attached hydrogens (tertiary/aromatic N) is 2. The van der Waals surface area contributed by atoms with Gasteiger partial charge in [-0.05, 0) is 43.2 Å². The first-order valence-electron chi connectivity index (χ1n) is 6.58. The summed E-state index contributed by atoms with van der Waals surface area (Å²) in [5.74, 6) is 0. The number of allylic oxidation sites excluding steroid dienone is 1. The number of benzene rings is 1. The van der Waals surface area contributed by atoms with Crippen LogP contribution in [0.25, 0.3) is 0 Å². The summed E-state index contributed by atoms with van der Waals surface area (Å²) in [5, 5.41) is 10.9. The van der Waals surface area contributed by atoms with Gasteiger partial charge in [0.05, 0.1) is 12.8 Å². The maximum absolute atomic E-state index is 5.53. The monoisotopic (exact) mass is 288 g/mol. The van der Waals surface area contributed by atoms with E-state index in [0.29, 0.717) is 0 Å². The van der Waals surface area contributed by atoms with Gasteiger partial charge in [-0.2, -0.15) is 5.10 Å². The third kappa shape index (κ3) is 3.54. The molecule has 5 nitrogen and oxygen atoms in total. The van der Waals surface area contributed by atoms with Crippen LogP contribution in [0, 0.1) is 0 Å². The highest BCUT2D eigenvalue weighted by Crippen LogP contribution is 2.25. The third-order valence-electron chi connectivity index (χ3n) is 3.02.